The number of nitrogens with zero attached hydrogens (tertiary/aromatic N) is 1. The monoisotopic (exact) mass is 326 g/mol. The molecular weight excluding hydrogens is 307 g/mol. The summed E-state index contributed by atoms with van der Waals surface area (Å²) >= 11 is 0. The van der Waals surface area contributed by atoms with Crippen molar-refractivity contribution >= 4 is 23.2 Å². The molecule has 1 N–H and O–H groups in total. The molecule has 2 amide bonds. The largest absolute Gasteiger partial charge is 0.326 e. The lowest BCUT2D eigenvalue weighted by Gasteiger charge is -2.15. The summed E-state index contributed by atoms with van der Waals surface area (Å²) in [6.07, 6.45) is 1.70. The third kappa shape index (κ3) is 3.62. The van der Waals surface area contributed by atoms with Gasteiger partial charge in [0.2, 0.25) is 11.8 Å². The van der Waals surface area contributed by atoms with Crippen molar-refractivity contribution in [3.8, 4) is 0 Å². The number of hydrogen-bond donors (Lipinski definition) is 1. The predicted molar refractivity (Wildman–Crippen MR) is 91.5 cm³/mol. The fourth-order valence-electron chi connectivity index (χ4n) is 2.94. The van der Waals surface area contributed by atoms with E-state index in [4.69, 9.17) is 0 Å². The third-order valence-electron chi connectivity index (χ3n) is 4.19. The van der Waals surface area contributed by atoms with Crippen LogP contribution in [0.25, 0.3) is 0 Å². The van der Waals surface area contributed by atoms with Crippen LogP contribution in [0, 0.1) is 5.82 Å². The maximum absolute atomic E-state index is 12.9. The van der Waals surface area contributed by atoms with Crippen LogP contribution in [-0.2, 0) is 22.4 Å². The van der Waals surface area contributed by atoms with E-state index in [9.17, 15) is 14.0 Å². The molecule has 0 saturated carbocycles. The first-order valence-corrected chi connectivity index (χ1v) is 7.98. The molecular formula is C19H19FN2O2. The number of fused-ring (bicyclic) bond motifs is 1. The van der Waals surface area contributed by atoms with Crippen LogP contribution in [0.5, 0.6) is 0 Å². The quantitative estimate of drug-likeness (QED) is 0.937. The molecule has 0 radical (unpaired) electrons. The summed E-state index contributed by atoms with van der Waals surface area (Å²) < 4.78 is 12.9. The van der Waals surface area contributed by atoms with E-state index < -0.39 is 0 Å². The Labute approximate surface area is 140 Å². The van der Waals surface area contributed by atoms with Crippen LogP contribution < -0.4 is 10.2 Å². The zero-order valence-electron chi connectivity index (χ0n) is 13.5. The first-order chi connectivity index (χ1) is 11.5. The van der Waals surface area contributed by atoms with E-state index >= 15 is 0 Å². The summed E-state index contributed by atoms with van der Waals surface area (Å²) in [7, 11) is 0. The summed E-state index contributed by atoms with van der Waals surface area (Å²) in [5, 5.41) is 2.88. The van der Waals surface area contributed by atoms with Gasteiger partial charge in [-0.25, -0.2) is 4.39 Å². The molecule has 1 heterocycles. The van der Waals surface area contributed by atoms with Crippen molar-refractivity contribution in [3.05, 3.63) is 59.4 Å². The Bertz CT molecular complexity index is 771. The number of carbonyl (C=O) groups is 2. The van der Waals surface area contributed by atoms with Gasteiger partial charge >= 0.3 is 0 Å². The molecule has 3 rings (SSSR count). The van der Waals surface area contributed by atoms with E-state index in [0.717, 1.165) is 28.9 Å². The second kappa shape index (κ2) is 6.83. The molecule has 1 aliphatic rings. The van der Waals surface area contributed by atoms with Crippen molar-refractivity contribution in [1.29, 1.82) is 0 Å². The average molecular weight is 326 g/mol. The topological polar surface area (TPSA) is 49.4 Å². The number of carbonyl (C=O) groups excluding carboxylic acids is 2. The minimum atomic E-state index is -0.277. The summed E-state index contributed by atoms with van der Waals surface area (Å²) in [4.78, 5) is 25.4. The number of benzene rings is 2. The summed E-state index contributed by atoms with van der Waals surface area (Å²) in [6.45, 7) is 2.24. The predicted octanol–water partition coefficient (Wildman–Crippen LogP) is 3.31. The van der Waals surface area contributed by atoms with Gasteiger partial charge < -0.3 is 10.2 Å². The highest BCUT2D eigenvalue weighted by atomic mass is 19.1. The maximum Gasteiger partial charge on any atom is 0.224 e. The van der Waals surface area contributed by atoms with Crippen LogP contribution in [0.1, 0.15) is 24.5 Å². The van der Waals surface area contributed by atoms with E-state index in [0.29, 0.717) is 19.4 Å². The molecule has 0 saturated heterocycles. The van der Waals surface area contributed by atoms with Crippen molar-refractivity contribution in [1.82, 2.24) is 0 Å². The van der Waals surface area contributed by atoms with Crippen LogP contribution in [-0.4, -0.2) is 18.4 Å². The molecule has 0 fully saturated rings. The first-order valence-electron chi connectivity index (χ1n) is 7.98. The Balaban J connectivity index is 1.59. The van der Waals surface area contributed by atoms with Gasteiger partial charge in [-0.1, -0.05) is 12.1 Å². The fourth-order valence-corrected chi connectivity index (χ4v) is 2.94. The van der Waals surface area contributed by atoms with Gasteiger partial charge in [0.25, 0.3) is 0 Å². The highest BCUT2D eigenvalue weighted by Crippen LogP contribution is 2.30. The van der Waals surface area contributed by atoms with Crippen LogP contribution >= 0.6 is 0 Å². The number of amides is 2. The smallest absolute Gasteiger partial charge is 0.224 e. The minimum absolute atomic E-state index is 0.0323. The Morgan fingerprint density at radius 3 is 2.62 bits per heavy atom. The van der Waals surface area contributed by atoms with Gasteiger partial charge in [0.05, 0.1) is 0 Å². The Morgan fingerprint density at radius 2 is 1.92 bits per heavy atom. The van der Waals surface area contributed by atoms with E-state index in [-0.39, 0.29) is 17.6 Å². The maximum atomic E-state index is 12.9. The molecule has 1 aliphatic heterocycles. The number of halogens is 1. The summed E-state index contributed by atoms with van der Waals surface area (Å²) in [5.41, 5.74) is 3.66. The number of nitrogens with one attached hydrogen (secondary N) is 1. The SMILES string of the molecule is CC(=O)N1CCc2cc(NC(=O)CCc3ccc(F)cc3)ccc21. The average Bonchev–Trinajstić information content (AvgIpc) is 2.97. The third-order valence-corrected chi connectivity index (χ3v) is 4.19. The van der Waals surface area contributed by atoms with E-state index in [1.807, 2.05) is 18.2 Å². The number of aryl methyl sites for hydroxylation is 1. The number of anilines is 2. The standard InChI is InChI=1S/C19H19FN2O2/c1-13(23)22-11-10-15-12-17(7-8-18(15)22)21-19(24)9-4-14-2-5-16(20)6-3-14/h2-3,5-8,12H,4,9-11H2,1H3,(H,21,24). The summed E-state index contributed by atoms with van der Waals surface area (Å²) in [5.74, 6) is -0.327. The lowest BCUT2D eigenvalue weighted by atomic mass is 10.1. The lowest BCUT2D eigenvalue weighted by Crippen LogP contribution is -2.25. The molecule has 2 aromatic carbocycles. The van der Waals surface area contributed by atoms with Gasteiger partial charge in [-0.05, 0) is 54.3 Å². The molecule has 0 aliphatic carbocycles. The zero-order chi connectivity index (χ0) is 17.1. The first kappa shape index (κ1) is 16.2. The second-order valence-corrected chi connectivity index (χ2v) is 5.94. The van der Waals surface area contributed by atoms with Gasteiger partial charge in [0.15, 0.2) is 0 Å². The molecule has 24 heavy (non-hydrogen) atoms. The summed E-state index contributed by atoms with van der Waals surface area (Å²) in [6, 6.07) is 11.8. The van der Waals surface area contributed by atoms with Gasteiger partial charge in [0.1, 0.15) is 5.82 Å². The van der Waals surface area contributed by atoms with Crippen molar-refractivity contribution in [2.45, 2.75) is 26.2 Å². The molecule has 4 nitrogen and oxygen atoms in total. The van der Waals surface area contributed by atoms with Gasteiger partial charge in [-0.15, -0.1) is 0 Å². The molecule has 0 unspecified atom stereocenters. The second-order valence-electron chi connectivity index (χ2n) is 5.94. The molecule has 2 aromatic rings. The molecule has 0 aromatic heterocycles. The molecule has 0 spiro atoms. The zero-order valence-corrected chi connectivity index (χ0v) is 13.5. The Kier molecular flexibility index (Phi) is 4.60. The van der Waals surface area contributed by atoms with Crippen LogP contribution in [0.15, 0.2) is 42.5 Å². The Hall–Kier alpha value is -2.69. The van der Waals surface area contributed by atoms with Crippen LogP contribution in [0.3, 0.4) is 0 Å². The van der Waals surface area contributed by atoms with Crippen LogP contribution in [0.2, 0.25) is 0 Å². The number of hydrogen-bond acceptors (Lipinski definition) is 2. The van der Waals surface area contributed by atoms with Gasteiger partial charge in [-0.2, -0.15) is 0 Å². The molecule has 5 heteroatoms. The highest BCUT2D eigenvalue weighted by Gasteiger charge is 2.22. The van der Waals surface area contributed by atoms with Crippen molar-refractivity contribution in [2.24, 2.45) is 0 Å². The van der Waals surface area contributed by atoms with Crippen molar-refractivity contribution < 1.29 is 14.0 Å². The normalized spacial score (nSPS) is 12.8. The van der Waals surface area contributed by atoms with Crippen molar-refractivity contribution in [3.63, 3.8) is 0 Å². The number of rotatable bonds is 4. The van der Waals surface area contributed by atoms with E-state index in [1.165, 1.54) is 12.1 Å². The fraction of sp³-hybridized carbons (Fsp3) is 0.263. The van der Waals surface area contributed by atoms with Gasteiger partial charge in [-0.3, -0.25) is 9.59 Å². The van der Waals surface area contributed by atoms with Gasteiger partial charge in [0, 0.05) is 31.3 Å². The molecule has 124 valence electrons. The minimum Gasteiger partial charge on any atom is -0.326 e. The van der Waals surface area contributed by atoms with Crippen molar-refractivity contribution in [2.75, 3.05) is 16.8 Å². The Morgan fingerprint density at radius 1 is 1.17 bits per heavy atom. The highest BCUT2D eigenvalue weighted by molar-refractivity contribution is 5.95. The van der Waals surface area contributed by atoms with Crippen LogP contribution in [0.4, 0.5) is 15.8 Å². The van der Waals surface area contributed by atoms with E-state index in [1.54, 1.807) is 24.0 Å². The molecule has 0 atom stereocenters. The van der Waals surface area contributed by atoms with E-state index in [2.05, 4.69) is 5.32 Å². The molecule has 0 bridgehead atoms. The lowest BCUT2D eigenvalue weighted by molar-refractivity contribution is -0.117.